The van der Waals surface area contributed by atoms with E-state index in [1.807, 2.05) is 26.0 Å². The Morgan fingerprint density at radius 3 is 2.67 bits per heavy atom. The number of benzene rings is 1. The minimum absolute atomic E-state index is 0.310. The number of phenolic OH excluding ortho intramolecular Hbond substituents is 1. The molecule has 0 aliphatic heterocycles. The molecule has 3 heteroatoms. The fourth-order valence-corrected chi connectivity index (χ4v) is 1.83. The predicted octanol–water partition coefficient (Wildman–Crippen LogP) is 2.85. The van der Waals surface area contributed by atoms with Gasteiger partial charge >= 0.3 is 0 Å². The van der Waals surface area contributed by atoms with Gasteiger partial charge in [-0.3, -0.25) is 0 Å². The van der Waals surface area contributed by atoms with Crippen molar-refractivity contribution < 1.29 is 9.84 Å². The molecule has 0 radical (unpaired) electrons. The number of ether oxygens (including phenoxy) is 1. The first-order chi connectivity index (χ1) is 8.54. The Kier molecular flexibility index (Phi) is 6.16. The van der Waals surface area contributed by atoms with E-state index in [1.54, 1.807) is 6.07 Å². The normalized spacial score (nSPS) is 12.9. The highest BCUT2D eigenvalue weighted by Gasteiger charge is 2.13. The van der Waals surface area contributed by atoms with Crippen molar-refractivity contribution in [3.05, 3.63) is 29.3 Å². The third kappa shape index (κ3) is 4.67. The second-order valence-electron chi connectivity index (χ2n) is 5.02. The first-order valence-corrected chi connectivity index (χ1v) is 6.64. The van der Waals surface area contributed by atoms with Crippen molar-refractivity contribution in [1.82, 2.24) is 5.32 Å². The molecule has 0 spiro atoms. The van der Waals surface area contributed by atoms with Crippen LogP contribution in [0.3, 0.4) is 0 Å². The summed E-state index contributed by atoms with van der Waals surface area (Å²) in [6.07, 6.45) is 0. The Labute approximate surface area is 110 Å². The van der Waals surface area contributed by atoms with Gasteiger partial charge in [0, 0.05) is 24.8 Å². The van der Waals surface area contributed by atoms with Crippen LogP contribution in [0.15, 0.2) is 18.2 Å². The molecule has 0 aromatic heterocycles. The summed E-state index contributed by atoms with van der Waals surface area (Å²) in [7, 11) is 0. The minimum atomic E-state index is 0.310. The molecule has 0 saturated carbocycles. The SMILES string of the molecule is CCOCC(NCc1cc(C)ccc1O)C(C)C. The first-order valence-electron chi connectivity index (χ1n) is 6.64. The van der Waals surface area contributed by atoms with E-state index in [0.717, 1.165) is 17.7 Å². The van der Waals surface area contributed by atoms with E-state index in [1.165, 1.54) is 0 Å². The van der Waals surface area contributed by atoms with Crippen molar-refractivity contribution in [2.24, 2.45) is 5.92 Å². The number of aromatic hydroxyl groups is 1. The van der Waals surface area contributed by atoms with Crippen molar-refractivity contribution in [1.29, 1.82) is 0 Å². The fourth-order valence-electron chi connectivity index (χ4n) is 1.83. The molecule has 1 aromatic rings. The molecule has 1 aromatic carbocycles. The monoisotopic (exact) mass is 251 g/mol. The first kappa shape index (κ1) is 15.0. The minimum Gasteiger partial charge on any atom is -0.508 e. The summed E-state index contributed by atoms with van der Waals surface area (Å²) in [5.74, 6) is 0.857. The van der Waals surface area contributed by atoms with E-state index in [-0.39, 0.29) is 0 Å². The van der Waals surface area contributed by atoms with Crippen LogP contribution in [0.2, 0.25) is 0 Å². The topological polar surface area (TPSA) is 41.5 Å². The van der Waals surface area contributed by atoms with Gasteiger partial charge in [0.1, 0.15) is 5.75 Å². The van der Waals surface area contributed by atoms with Gasteiger partial charge in [-0.15, -0.1) is 0 Å². The van der Waals surface area contributed by atoms with E-state index in [9.17, 15) is 5.11 Å². The van der Waals surface area contributed by atoms with Crippen LogP contribution in [-0.2, 0) is 11.3 Å². The second kappa shape index (κ2) is 7.39. The van der Waals surface area contributed by atoms with Crippen LogP contribution in [0, 0.1) is 12.8 Å². The average Bonchev–Trinajstić information content (AvgIpc) is 2.33. The van der Waals surface area contributed by atoms with Crippen LogP contribution >= 0.6 is 0 Å². The number of hydrogen-bond donors (Lipinski definition) is 2. The van der Waals surface area contributed by atoms with Crippen LogP contribution in [-0.4, -0.2) is 24.4 Å². The Bertz CT molecular complexity index is 364. The van der Waals surface area contributed by atoms with Crippen LogP contribution in [0.5, 0.6) is 5.75 Å². The van der Waals surface area contributed by atoms with Crippen LogP contribution < -0.4 is 5.32 Å². The quantitative estimate of drug-likeness (QED) is 0.783. The van der Waals surface area contributed by atoms with E-state index in [4.69, 9.17) is 4.74 Å². The largest absolute Gasteiger partial charge is 0.508 e. The van der Waals surface area contributed by atoms with Crippen molar-refractivity contribution in [3.8, 4) is 5.75 Å². The maximum Gasteiger partial charge on any atom is 0.120 e. The third-order valence-corrected chi connectivity index (χ3v) is 3.10. The number of rotatable bonds is 7. The van der Waals surface area contributed by atoms with Gasteiger partial charge in [-0.05, 0) is 25.8 Å². The van der Waals surface area contributed by atoms with E-state index in [2.05, 4.69) is 19.2 Å². The molecule has 0 aliphatic rings. The van der Waals surface area contributed by atoms with Crippen molar-refractivity contribution in [2.45, 2.75) is 40.3 Å². The third-order valence-electron chi connectivity index (χ3n) is 3.10. The van der Waals surface area contributed by atoms with Gasteiger partial charge in [0.25, 0.3) is 0 Å². The molecule has 0 saturated heterocycles. The Morgan fingerprint density at radius 1 is 1.33 bits per heavy atom. The summed E-state index contributed by atoms with van der Waals surface area (Å²) in [6.45, 7) is 10.5. The maximum absolute atomic E-state index is 9.79. The van der Waals surface area contributed by atoms with Crippen LogP contribution in [0.25, 0.3) is 0 Å². The van der Waals surface area contributed by atoms with Gasteiger partial charge in [0.2, 0.25) is 0 Å². The van der Waals surface area contributed by atoms with Gasteiger partial charge in [-0.25, -0.2) is 0 Å². The summed E-state index contributed by atoms with van der Waals surface area (Å²) in [5, 5.41) is 13.2. The highest BCUT2D eigenvalue weighted by molar-refractivity contribution is 5.35. The number of aryl methyl sites for hydroxylation is 1. The average molecular weight is 251 g/mol. The molecule has 1 unspecified atom stereocenters. The molecule has 1 atom stereocenters. The molecule has 0 fully saturated rings. The highest BCUT2D eigenvalue weighted by Crippen LogP contribution is 2.18. The smallest absolute Gasteiger partial charge is 0.120 e. The molecule has 3 nitrogen and oxygen atoms in total. The lowest BCUT2D eigenvalue weighted by Gasteiger charge is -2.22. The van der Waals surface area contributed by atoms with Gasteiger partial charge in [-0.1, -0.05) is 31.5 Å². The van der Waals surface area contributed by atoms with E-state index in [0.29, 0.717) is 30.9 Å². The summed E-state index contributed by atoms with van der Waals surface area (Å²) < 4.78 is 5.47. The molecule has 102 valence electrons. The molecule has 0 bridgehead atoms. The molecule has 1 rings (SSSR count). The standard InChI is InChI=1S/C15H25NO2/c1-5-18-10-14(11(2)3)16-9-13-8-12(4)6-7-15(13)17/h6-8,11,14,16-17H,5,9-10H2,1-4H3. The molecule has 0 heterocycles. The molecular formula is C15H25NO2. The predicted molar refractivity (Wildman–Crippen MR) is 74.8 cm³/mol. The summed E-state index contributed by atoms with van der Waals surface area (Å²) in [4.78, 5) is 0. The summed E-state index contributed by atoms with van der Waals surface area (Å²) in [5.41, 5.74) is 2.10. The van der Waals surface area contributed by atoms with Crippen molar-refractivity contribution in [2.75, 3.05) is 13.2 Å². The highest BCUT2D eigenvalue weighted by atomic mass is 16.5. The van der Waals surface area contributed by atoms with Crippen LogP contribution in [0.1, 0.15) is 31.9 Å². The molecule has 2 N–H and O–H groups in total. The molecule has 0 aliphatic carbocycles. The van der Waals surface area contributed by atoms with E-state index < -0.39 is 0 Å². The number of nitrogens with one attached hydrogen (secondary N) is 1. The fraction of sp³-hybridized carbons (Fsp3) is 0.600. The van der Waals surface area contributed by atoms with Gasteiger partial charge in [-0.2, -0.15) is 0 Å². The zero-order valence-corrected chi connectivity index (χ0v) is 11.9. The zero-order valence-electron chi connectivity index (χ0n) is 11.9. The van der Waals surface area contributed by atoms with Crippen molar-refractivity contribution in [3.63, 3.8) is 0 Å². The second-order valence-corrected chi connectivity index (χ2v) is 5.02. The summed E-state index contributed by atoms with van der Waals surface area (Å²) in [6, 6.07) is 5.99. The van der Waals surface area contributed by atoms with E-state index >= 15 is 0 Å². The number of phenols is 1. The van der Waals surface area contributed by atoms with Crippen molar-refractivity contribution >= 4 is 0 Å². The lowest BCUT2D eigenvalue weighted by Crippen LogP contribution is -2.37. The molecular weight excluding hydrogens is 226 g/mol. The molecule has 18 heavy (non-hydrogen) atoms. The van der Waals surface area contributed by atoms with Crippen LogP contribution in [0.4, 0.5) is 0 Å². The maximum atomic E-state index is 9.79. The molecule has 0 amide bonds. The lowest BCUT2D eigenvalue weighted by atomic mass is 10.0. The Balaban J connectivity index is 2.58. The lowest BCUT2D eigenvalue weighted by molar-refractivity contribution is 0.107. The Hall–Kier alpha value is -1.06. The van der Waals surface area contributed by atoms with Gasteiger partial charge in [0.05, 0.1) is 6.61 Å². The number of hydrogen-bond acceptors (Lipinski definition) is 3. The van der Waals surface area contributed by atoms with Gasteiger partial charge < -0.3 is 15.2 Å². The summed E-state index contributed by atoms with van der Waals surface area (Å²) >= 11 is 0. The van der Waals surface area contributed by atoms with Gasteiger partial charge in [0.15, 0.2) is 0 Å². The zero-order chi connectivity index (χ0) is 13.5. The Morgan fingerprint density at radius 2 is 2.06 bits per heavy atom.